The maximum Gasteiger partial charge on any atom is 0.416 e. The number of alkyl halides is 3. The van der Waals surface area contributed by atoms with Crippen LogP contribution in [-0.2, 0) is 17.4 Å². The molecule has 0 aromatic heterocycles. The van der Waals surface area contributed by atoms with Crippen molar-refractivity contribution in [3.05, 3.63) is 29.3 Å². The molecule has 3 rings (SSSR count). The average Bonchev–Trinajstić information content (AvgIpc) is 2.72. The van der Waals surface area contributed by atoms with Crippen LogP contribution in [0.25, 0.3) is 0 Å². The molecule has 0 bridgehead atoms. The van der Waals surface area contributed by atoms with E-state index < -0.39 is 11.7 Å². The lowest BCUT2D eigenvalue weighted by molar-refractivity contribution is -0.137. The molecular formula is C15H17F3N2O. The van der Waals surface area contributed by atoms with Gasteiger partial charge in [0.15, 0.2) is 0 Å². The van der Waals surface area contributed by atoms with E-state index in [0.717, 1.165) is 24.7 Å². The fourth-order valence-corrected chi connectivity index (χ4v) is 3.26. The van der Waals surface area contributed by atoms with Gasteiger partial charge >= 0.3 is 6.18 Å². The fourth-order valence-electron chi connectivity index (χ4n) is 3.26. The van der Waals surface area contributed by atoms with Gasteiger partial charge in [-0.05, 0) is 37.1 Å². The number of hydrogen-bond acceptors (Lipinski definition) is 2. The first-order valence-corrected chi connectivity index (χ1v) is 7.17. The van der Waals surface area contributed by atoms with E-state index in [1.807, 2.05) is 11.8 Å². The van der Waals surface area contributed by atoms with Crippen LogP contribution in [0.5, 0.6) is 0 Å². The summed E-state index contributed by atoms with van der Waals surface area (Å²) in [5.74, 6) is 0.0276. The number of hydrogen-bond donors (Lipinski definition) is 0. The first-order chi connectivity index (χ1) is 9.91. The average molecular weight is 298 g/mol. The molecule has 1 aromatic rings. The minimum Gasteiger partial charge on any atom is -0.359 e. The Morgan fingerprint density at radius 3 is 2.71 bits per heavy atom. The van der Waals surface area contributed by atoms with Crippen molar-refractivity contribution < 1.29 is 18.0 Å². The van der Waals surface area contributed by atoms with Crippen molar-refractivity contribution in [3.63, 3.8) is 0 Å². The van der Waals surface area contributed by atoms with Gasteiger partial charge in [0.25, 0.3) is 0 Å². The number of halogens is 3. The highest BCUT2D eigenvalue weighted by Crippen LogP contribution is 2.38. The predicted molar refractivity (Wildman–Crippen MR) is 73.2 cm³/mol. The molecule has 1 aromatic carbocycles. The van der Waals surface area contributed by atoms with Crippen molar-refractivity contribution in [2.45, 2.75) is 32.0 Å². The van der Waals surface area contributed by atoms with Crippen LogP contribution < -0.4 is 4.90 Å². The SMILES string of the molecule is CCN1CCCN2c3ccc(C(F)(F)F)cc3CC2C1=O. The minimum absolute atomic E-state index is 0.0276. The summed E-state index contributed by atoms with van der Waals surface area (Å²) in [6.45, 7) is 4.01. The summed E-state index contributed by atoms with van der Waals surface area (Å²) in [5.41, 5.74) is 0.763. The fraction of sp³-hybridized carbons (Fsp3) is 0.533. The Bertz CT molecular complexity index is 571. The van der Waals surface area contributed by atoms with Gasteiger partial charge in [0.1, 0.15) is 6.04 Å². The van der Waals surface area contributed by atoms with Crippen molar-refractivity contribution >= 4 is 11.6 Å². The summed E-state index contributed by atoms with van der Waals surface area (Å²) >= 11 is 0. The minimum atomic E-state index is -4.34. The molecule has 1 amide bonds. The van der Waals surface area contributed by atoms with Gasteiger partial charge in [-0.2, -0.15) is 13.2 Å². The normalized spacial score (nSPS) is 22.1. The van der Waals surface area contributed by atoms with Crippen molar-refractivity contribution in [2.24, 2.45) is 0 Å². The largest absolute Gasteiger partial charge is 0.416 e. The number of nitrogens with zero attached hydrogens (tertiary/aromatic N) is 2. The molecule has 0 N–H and O–H groups in total. The van der Waals surface area contributed by atoms with Gasteiger partial charge in [0.05, 0.1) is 5.56 Å². The second kappa shape index (κ2) is 4.93. The number of likely N-dealkylation sites (N-methyl/N-ethyl adjacent to an activating group) is 1. The highest BCUT2D eigenvalue weighted by atomic mass is 19.4. The smallest absolute Gasteiger partial charge is 0.359 e. The Balaban J connectivity index is 1.95. The van der Waals surface area contributed by atoms with Crippen LogP contribution in [0.1, 0.15) is 24.5 Å². The third-order valence-electron chi connectivity index (χ3n) is 4.31. The van der Waals surface area contributed by atoms with Crippen LogP contribution in [0, 0.1) is 0 Å². The molecule has 1 saturated heterocycles. The zero-order valence-electron chi connectivity index (χ0n) is 11.8. The lowest BCUT2D eigenvalue weighted by Crippen LogP contribution is -2.44. The Morgan fingerprint density at radius 1 is 1.29 bits per heavy atom. The molecule has 2 aliphatic rings. The van der Waals surface area contributed by atoms with Crippen LogP contribution in [0.4, 0.5) is 18.9 Å². The maximum atomic E-state index is 12.8. The lowest BCUT2D eigenvalue weighted by atomic mass is 10.1. The van der Waals surface area contributed by atoms with Gasteiger partial charge in [0, 0.05) is 31.7 Å². The van der Waals surface area contributed by atoms with Crippen molar-refractivity contribution in [1.82, 2.24) is 4.90 Å². The number of rotatable bonds is 1. The quantitative estimate of drug-likeness (QED) is 0.796. The van der Waals surface area contributed by atoms with Gasteiger partial charge < -0.3 is 9.80 Å². The zero-order chi connectivity index (χ0) is 15.2. The Kier molecular flexibility index (Phi) is 3.34. The Morgan fingerprint density at radius 2 is 2.05 bits per heavy atom. The van der Waals surface area contributed by atoms with Crippen LogP contribution >= 0.6 is 0 Å². The zero-order valence-corrected chi connectivity index (χ0v) is 11.8. The summed E-state index contributed by atoms with van der Waals surface area (Å²) in [7, 11) is 0. The van der Waals surface area contributed by atoms with Gasteiger partial charge in [-0.15, -0.1) is 0 Å². The third-order valence-corrected chi connectivity index (χ3v) is 4.31. The van der Waals surface area contributed by atoms with E-state index in [1.165, 1.54) is 12.1 Å². The molecular weight excluding hydrogens is 281 g/mol. The third kappa shape index (κ3) is 2.36. The predicted octanol–water partition coefficient (Wildman–Crippen LogP) is 2.69. The molecule has 0 radical (unpaired) electrons. The molecule has 1 unspecified atom stereocenters. The molecule has 2 heterocycles. The molecule has 1 atom stereocenters. The van der Waals surface area contributed by atoms with E-state index in [4.69, 9.17) is 0 Å². The number of fused-ring (bicyclic) bond motifs is 3. The summed E-state index contributed by atoms with van der Waals surface area (Å²) < 4.78 is 38.4. The van der Waals surface area contributed by atoms with Crippen LogP contribution in [0.2, 0.25) is 0 Å². The second-order valence-corrected chi connectivity index (χ2v) is 5.53. The van der Waals surface area contributed by atoms with E-state index in [-0.39, 0.29) is 11.9 Å². The first-order valence-electron chi connectivity index (χ1n) is 7.17. The molecule has 0 aliphatic carbocycles. The molecule has 3 nitrogen and oxygen atoms in total. The van der Waals surface area contributed by atoms with E-state index in [9.17, 15) is 18.0 Å². The molecule has 21 heavy (non-hydrogen) atoms. The Hall–Kier alpha value is -1.72. The Labute approximate surface area is 121 Å². The van der Waals surface area contributed by atoms with Gasteiger partial charge in [-0.1, -0.05) is 0 Å². The standard InChI is InChI=1S/C15H17F3N2O/c1-2-19-6-3-7-20-12-5-4-11(15(16,17)18)8-10(12)9-13(20)14(19)21/h4-5,8,13H,2-3,6-7,9H2,1H3. The topological polar surface area (TPSA) is 23.6 Å². The number of carbonyl (C=O) groups excluding carboxylic acids is 1. The van der Waals surface area contributed by atoms with Crippen LogP contribution in [0.15, 0.2) is 18.2 Å². The number of carbonyl (C=O) groups is 1. The van der Waals surface area contributed by atoms with E-state index in [1.54, 1.807) is 4.90 Å². The molecule has 6 heteroatoms. The van der Waals surface area contributed by atoms with E-state index in [0.29, 0.717) is 25.1 Å². The summed E-state index contributed by atoms with van der Waals surface area (Å²) in [5, 5.41) is 0. The van der Waals surface area contributed by atoms with Gasteiger partial charge in [-0.3, -0.25) is 4.79 Å². The maximum absolute atomic E-state index is 12.8. The summed E-state index contributed by atoms with van der Waals surface area (Å²) in [6, 6.07) is 3.46. The number of anilines is 1. The second-order valence-electron chi connectivity index (χ2n) is 5.53. The number of benzene rings is 1. The number of amides is 1. The highest BCUT2D eigenvalue weighted by Gasteiger charge is 2.40. The monoisotopic (exact) mass is 298 g/mol. The van der Waals surface area contributed by atoms with E-state index in [2.05, 4.69) is 0 Å². The van der Waals surface area contributed by atoms with Crippen molar-refractivity contribution in [1.29, 1.82) is 0 Å². The van der Waals surface area contributed by atoms with Gasteiger partial charge in [-0.25, -0.2) is 0 Å². The van der Waals surface area contributed by atoms with Crippen molar-refractivity contribution in [3.8, 4) is 0 Å². The van der Waals surface area contributed by atoms with Crippen molar-refractivity contribution in [2.75, 3.05) is 24.5 Å². The molecule has 1 fully saturated rings. The summed E-state index contributed by atoms with van der Waals surface area (Å²) in [4.78, 5) is 16.2. The van der Waals surface area contributed by atoms with Crippen LogP contribution in [-0.4, -0.2) is 36.5 Å². The molecule has 114 valence electrons. The highest BCUT2D eigenvalue weighted by molar-refractivity contribution is 5.88. The molecule has 0 saturated carbocycles. The molecule has 0 spiro atoms. The lowest BCUT2D eigenvalue weighted by Gasteiger charge is -2.26. The summed E-state index contributed by atoms with van der Waals surface area (Å²) in [6.07, 6.45) is -3.13. The van der Waals surface area contributed by atoms with E-state index >= 15 is 0 Å². The van der Waals surface area contributed by atoms with Crippen LogP contribution in [0.3, 0.4) is 0 Å². The van der Waals surface area contributed by atoms with Gasteiger partial charge in [0.2, 0.25) is 5.91 Å². The first kappa shape index (κ1) is 14.2. The molecule has 2 aliphatic heterocycles.